The van der Waals surface area contributed by atoms with Crippen molar-refractivity contribution in [3.63, 3.8) is 0 Å². The lowest BCUT2D eigenvalue weighted by Gasteiger charge is -2.09. The number of carbonyl (C=O) groups is 1. The molecule has 2 heteroatoms. The highest BCUT2D eigenvalue weighted by atomic mass is 16.1. The van der Waals surface area contributed by atoms with Gasteiger partial charge in [-0.1, -0.05) is 66.7 Å². The van der Waals surface area contributed by atoms with Gasteiger partial charge >= 0.3 is 0 Å². The Morgan fingerprint density at radius 2 is 1.38 bits per heavy atom. The van der Waals surface area contributed by atoms with Gasteiger partial charge in [-0.25, -0.2) is 0 Å². The average Bonchev–Trinajstić information content (AvgIpc) is 2.95. The maximum absolute atomic E-state index is 12.9. The van der Waals surface area contributed by atoms with Crippen molar-refractivity contribution in [2.75, 3.05) is 0 Å². The lowest BCUT2D eigenvalue weighted by atomic mass is 9.96. The zero-order valence-corrected chi connectivity index (χ0v) is 12.9. The number of nitrogens with zero attached hydrogens (tertiary/aromatic N) is 1. The molecule has 0 fully saturated rings. The van der Waals surface area contributed by atoms with Crippen LogP contribution in [0.2, 0.25) is 0 Å². The number of rotatable bonds is 1. The second-order valence-corrected chi connectivity index (χ2v) is 5.98. The maximum Gasteiger partial charge on any atom is 0.194 e. The van der Waals surface area contributed by atoms with Crippen molar-refractivity contribution in [2.45, 2.75) is 0 Å². The van der Waals surface area contributed by atoms with Gasteiger partial charge in [-0.2, -0.15) is 0 Å². The van der Waals surface area contributed by atoms with E-state index in [9.17, 15) is 4.79 Å². The molecule has 0 amide bonds. The monoisotopic (exact) mass is 307 g/mol. The Labute approximate surface area is 139 Å². The molecular formula is C22H13NO. The van der Waals surface area contributed by atoms with E-state index >= 15 is 0 Å². The number of aromatic nitrogens is 1. The maximum atomic E-state index is 12.9. The summed E-state index contributed by atoms with van der Waals surface area (Å²) in [4.78, 5) is 17.5. The lowest BCUT2D eigenvalue weighted by molar-refractivity contribution is 0.104. The van der Waals surface area contributed by atoms with Gasteiger partial charge in [0, 0.05) is 28.3 Å². The molecule has 0 N–H and O–H groups in total. The third-order valence-corrected chi connectivity index (χ3v) is 4.68. The molecular weight excluding hydrogens is 294 g/mol. The van der Waals surface area contributed by atoms with Crippen molar-refractivity contribution in [3.05, 3.63) is 90.1 Å². The number of fused-ring (bicyclic) bond motifs is 5. The van der Waals surface area contributed by atoms with Crippen LogP contribution in [0.1, 0.15) is 15.9 Å². The Morgan fingerprint density at radius 3 is 2.21 bits per heavy atom. The minimum absolute atomic E-state index is 0.108. The quantitative estimate of drug-likeness (QED) is 0.430. The number of carbonyl (C=O) groups excluding carboxylic acids is 1. The number of pyridine rings is 1. The predicted octanol–water partition coefficient (Wildman–Crippen LogP) is 5.11. The Morgan fingerprint density at radius 1 is 0.625 bits per heavy atom. The molecule has 0 spiro atoms. The summed E-state index contributed by atoms with van der Waals surface area (Å²) < 4.78 is 0. The highest BCUT2D eigenvalue weighted by molar-refractivity contribution is 6.28. The third-order valence-electron chi connectivity index (χ3n) is 4.68. The van der Waals surface area contributed by atoms with Crippen molar-refractivity contribution >= 4 is 16.6 Å². The van der Waals surface area contributed by atoms with Crippen LogP contribution in [0, 0.1) is 0 Å². The summed E-state index contributed by atoms with van der Waals surface area (Å²) in [5.74, 6) is 0.108. The first-order valence-corrected chi connectivity index (χ1v) is 7.96. The Hall–Kier alpha value is -3.26. The summed E-state index contributed by atoms with van der Waals surface area (Å²) in [5.41, 5.74) is 5.61. The van der Waals surface area contributed by atoms with Crippen molar-refractivity contribution in [2.24, 2.45) is 0 Å². The number of hydrogen-bond donors (Lipinski definition) is 0. The Kier molecular flexibility index (Phi) is 2.68. The highest BCUT2D eigenvalue weighted by Crippen LogP contribution is 2.41. The topological polar surface area (TPSA) is 30.0 Å². The van der Waals surface area contributed by atoms with Gasteiger partial charge in [-0.3, -0.25) is 9.78 Å². The van der Waals surface area contributed by atoms with Gasteiger partial charge in [0.2, 0.25) is 0 Å². The first-order chi connectivity index (χ1) is 11.8. The van der Waals surface area contributed by atoms with E-state index in [-0.39, 0.29) is 5.78 Å². The minimum Gasteiger partial charge on any atom is -0.289 e. The van der Waals surface area contributed by atoms with Crippen LogP contribution in [0.25, 0.3) is 33.2 Å². The van der Waals surface area contributed by atoms with E-state index in [1.807, 2.05) is 60.7 Å². The fourth-order valence-electron chi connectivity index (χ4n) is 3.60. The average molecular weight is 307 g/mol. The van der Waals surface area contributed by atoms with Crippen LogP contribution in [0.3, 0.4) is 0 Å². The van der Waals surface area contributed by atoms with Crippen molar-refractivity contribution in [1.82, 2.24) is 4.98 Å². The molecule has 2 nitrogen and oxygen atoms in total. The van der Waals surface area contributed by atoms with Crippen LogP contribution in [-0.2, 0) is 0 Å². The van der Waals surface area contributed by atoms with Gasteiger partial charge < -0.3 is 0 Å². The van der Waals surface area contributed by atoms with E-state index in [2.05, 4.69) is 17.1 Å². The van der Waals surface area contributed by atoms with Crippen molar-refractivity contribution in [3.8, 4) is 22.4 Å². The molecule has 0 bridgehead atoms. The summed E-state index contributed by atoms with van der Waals surface area (Å²) in [5, 5.41) is 1.99. The molecule has 0 saturated heterocycles. The van der Waals surface area contributed by atoms with E-state index in [4.69, 9.17) is 0 Å². The molecule has 3 aromatic carbocycles. The summed E-state index contributed by atoms with van der Waals surface area (Å²) in [7, 11) is 0. The van der Waals surface area contributed by atoms with E-state index in [0.29, 0.717) is 0 Å². The molecule has 0 atom stereocenters. The molecule has 1 heterocycles. The number of ketones is 1. The largest absolute Gasteiger partial charge is 0.289 e. The minimum atomic E-state index is 0.108. The second kappa shape index (κ2) is 4.87. The summed E-state index contributed by atoms with van der Waals surface area (Å²) in [6.07, 6.45) is 1.79. The zero-order valence-electron chi connectivity index (χ0n) is 12.9. The first kappa shape index (κ1) is 13.2. The van der Waals surface area contributed by atoms with Gasteiger partial charge in [0.05, 0.1) is 5.69 Å². The van der Waals surface area contributed by atoms with E-state index in [1.54, 1.807) is 6.20 Å². The van der Waals surface area contributed by atoms with Crippen LogP contribution >= 0.6 is 0 Å². The van der Waals surface area contributed by atoms with Crippen molar-refractivity contribution in [1.29, 1.82) is 0 Å². The van der Waals surface area contributed by atoms with Crippen LogP contribution in [0.15, 0.2) is 79.0 Å². The standard InChI is InChI=1S/C22H13NO/c24-22-19-9-5-4-8-15(19)16-10-11-18-17(20(16)22)12-13-23-21(18)14-6-2-1-3-7-14/h1-13H. The van der Waals surface area contributed by atoms with E-state index in [0.717, 1.165) is 44.3 Å². The van der Waals surface area contributed by atoms with E-state index < -0.39 is 0 Å². The normalized spacial score (nSPS) is 12.2. The number of hydrogen-bond acceptors (Lipinski definition) is 2. The molecule has 0 radical (unpaired) electrons. The molecule has 5 rings (SSSR count). The molecule has 24 heavy (non-hydrogen) atoms. The van der Waals surface area contributed by atoms with Crippen molar-refractivity contribution < 1.29 is 4.79 Å². The number of benzene rings is 3. The molecule has 112 valence electrons. The smallest absolute Gasteiger partial charge is 0.194 e. The van der Waals surface area contributed by atoms with Gasteiger partial charge in [-0.15, -0.1) is 0 Å². The summed E-state index contributed by atoms with van der Waals surface area (Å²) >= 11 is 0. The summed E-state index contributed by atoms with van der Waals surface area (Å²) in [6.45, 7) is 0. The third kappa shape index (κ3) is 1.71. The van der Waals surface area contributed by atoms with Crippen LogP contribution in [0.5, 0.6) is 0 Å². The highest BCUT2D eigenvalue weighted by Gasteiger charge is 2.28. The zero-order chi connectivity index (χ0) is 16.1. The molecule has 0 aliphatic heterocycles. The second-order valence-electron chi connectivity index (χ2n) is 5.98. The summed E-state index contributed by atoms with van der Waals surface area (Å²) in [6, 6.07) is 24.0. The van der Waals surface area contributed by atoms with Gasteiger partial charge in [0.1, 0.15) is 0 Å². The molecule has 0 unspecified atom stereocenters. The van der Waals surface area contributed by atoms with Crippen LogP contribution in [-0.4, -0.2) is 10.8 Å². The van der Waals surface area contributed by atoms with Gasteiger partial charge in [0.15, 0.2) is 5.78 Å². The molecule has 1 aromatic heterocycles. The van der Waals surface area contributed by atoms with Crippen LogP contribution in [0.4, 0.5) is 0 Å². The molecule has 4 aromatic rings. The predicted molar refractivity (Wildman–Crippen MR) is 96.0 cm³/mol. The SMILES string of the molecule is O=C1c2ccccc2-c2ccc3c(-c4ccccc4)nccc3c21. The fourth-order valence-corrected chi connectivity index (χ4v) is 3.60. The molecule has 1 aliphatic carbocycles. The molecule has 0 saturated carbocycles. The Balaban J connectivity index is 1.85. The first-order valence-electron chi connectivity index (χ1n) is 7.96. The lowest BCUT2D eigenvalue weighted by Crippen LogP contribution is -1.97. The van der Waals surface area contributed by atoms with Crippen LogP contribution < -0.4 is 0 Å². The Bertz CT molecular complexity index is 1110. The van der Waals surface area contributed by atoms with Gasteiger partial charge in [0.25, 0.3) is 0 Å². The van der Waals surface area contributed by atoms with E-state index in [1.165, 1.54) is 0 Å². The fraction of sp³-hybridized carbons (Fsp3) is 0. The van der Waals surface area contributed by atoms with Gasteiger partial charge in [-0.05, 0) is 22.6 Å². The molecule has 1 aliphatic rings.